The highest BCUT2D eigenvalue weighted by Gasteiger charge is 2.10. The van der Waals surface area contributed by atoms with Crippen molar-refractivity contribution in [1.82, 2.24) is 5.16 Å². The lowest BCUT2D eigenvalue weighted by Crippen LogP contribution is -2.00. The summed E-state index contributed by atoms with van der Waals surface area (Å²) in [4.78, 5) is 10.6. The fourth-order valence-electron chi connectivity index (χ4n) is 1.69. The number of carboxylic acid groups (broad SMARTS) is 1. The summed E-state index contributed by atoms with van der Waals surface area (Å²) in [5.41, 5.74) is 3.25. The van der Waals surface area contributed by atoms with Gasteiger partial charge >= 0.3 is 5.97 Å². The predicted molar refractivity (Wildman–Crippen MR) is 66.7 cm³/mol. The Balaban J connectivity index is 2.04. The van der Waals surface area contributed by atoms with E-state index in [1.54, 1.807) is 0 Å². The van der Waals surface area contributed by atoms with Crippen LogP contribution in [0.2, 0.25) is 0 Å². The Bertz CT molecular complexity index is 575. The Hall–Kier alpha value is -2.30. The normalized spacial score (nSPS) is 10.3. The van der Waals surface area contributed by atoms with Crippen LogP contribution in [0.25, 0.3) is 0 Å². The van der Waals surface area contributed by atoms with E-state index >= 15 is 0 Å². The lowest BCUT2D eigenvalue weighted by atomic mass is 10.1. The maximum Gasteiger partial charge on any atom is 0.358 e. The molecule has 1 aromatic heterocycles. The van der Waals surface area contributed by atoms with Gasteiger partial charge in [0.1, 0.15) is 0 Å². The van der Waals surface area contributed by atoms with E-state index in [-0.39, 0.29) is 5.69 Å². The highest BCUT2D eigenvalue weighted by atomic mass is 16.5. The second kappa shape index (κ2) is 4.91. The molecule has 0 saturated heterocycles. The number of carbonyl (C=O) groups is 1. The zero-order valence-electron chi connectivity index (χ0n) is 10.2. The Morgan fingerprint density at radius 3 is 2.78 bits per heavy atom. The van der Waals surface area contributed by atoms with Gasteiger partial charge in [0.2, 0.25) is 0 Å². The molecule has 0 atom stereocenters. The first kappa shape index (κ1) is 12.2. The SMILES string of the molecule is Cc1ccc(NCc2cc(C(=O)O)no2)c(C)c1. The van der Waals surface area contributed by atoms with Gasteiger partial charge in [-0.2, -0.15) is 0 Å². The number of aryl methyl sites for hydroxylation is 2. The average Bonchev–Trinajstić information content (AvgIpc) is 2.76. The molecule has 5 nitrogen and oxygen atoms in total. The van der Waals surface area contributed by atoms with Crippen molar-refractivity contribution in [2.45, 2.75) is 20.4 Å². The van der Waals surface area contributed by atoms with Crippen molar-refractivity contribution >= 4 is 11.7 Å². The largest absolute Gasteiger partial charge is 0.476 e. The van der Waals surface area contributed by atoms with Gasteiger partial charge in [-0.05, 0) is 25.5 Å². The van der Waals surface area contributed by atoms with Crippen LogP contribution in [0.4, 0.5) is 5.69 Å². The van der Waals surface area contributed by atoms with Crippen molar-refractivity contribution in [3.05, 3.63) is 46.8 Å². The number of anilines is 1. The number of benzene rings is 1. The minimum absolute atomic E-state index is 0.0765. The molecule has 0 amide bonds. The van der Waals surface area contributed by atoms with E-state index in [4.69, 9.17) is 9.63 Å². The molecule has 0 unspecified atom stereocenters. The molecular weight excluding hydrogens is 232 g/mol. The Morgan fingerprint density at radius 2 is 2.17 bits per heavy atom. The fourth-order valence-corrected chi connectivity index (χ4v) is 1.69. The third-order valence-electron chi connectivity index (χ3n) is 2.61. The minimum Gasteiger partial charge on any atom is -0.476 e. The number of nitrogens with one attached hydrogen (secondary N) is 1. The molecule has 1 heterocycles. The molecule has 94 valence electrons. The zero-order valence-corrected chi connectivity index (χ0v) is 10.2. The summed E-state index contributed by atoms with van der Waals surface area (Å²) in [5.74, 6) is -0.594. The lowest BCUT2D eigenvalue weighted by molar-refractivity contribution is 0.0685. The van der Waals surface area contributed by atoms with E-state index in [1.165, 1.54) is 11.6 Å². The number of aromatic carboxylic acids is 1. The smallest absolute Gasteiger partial charge is 0.358 e. The highest BCUT2D eigenvalue weighted by Crippen LogP contribution is 2.17. The second-order valence-corrected chi connectivity index (χ2v) is 4.16. The van der Waals surface area contributed by atoms with Gasteiger partial charge in [-0.25, -0.2) is 4.79 Å². The van der Waals surface area contributed by atoms with E-state index in [2.05, 4.69) is 16.5 Å². The van der Waals surface area contributed by atoms with Gasteiger partial charge < -0.3 is 14.9 Å². The van der Waals surface area contributed by atoms with Crippen molar-refractivity contribution in [2.24, 2.45) is 0 Å². The number of hydrogen-bond donors (Lipinski definition) is 2. The minimum atomic E-state index is -1.09. The van der Waals surface area contributed by atoms with Crippen LogP contribution in [-0.4, -0.2) is 16.2 Å². The zero-order chi connectivity index (χ0) is 13.1. The Kier molecular flexibility index (Phi) is 3.32. The average molecular weight is 246 g/mol. The van der Waals surface area contributed by atoms with Gasteiger partial charge in [-0.15, -0.1) is 0 Å². The third kappa shape index (κ3) is 2.68. The molecular formula is C13H14N2O3. The molecule has 0 bridgehead atoms. The van der Waals surface area contributed by atoms with Crippen LogP contribution in [0, 0.1) is 13.8 Å². The summed E-state index contributed by atoms with van der Waals surface area (Å²) >= 11 is 0. The summed E-state index contributed by atoms with van der Waals surface area (Å²) in [7, 11) is 0. The second-order valence-electron chi connectivity index (χ2n) is 4.16. The molecule has 1 aromatic carbocycles. The van der Waals surface area contributed by atoms with Crippen LogP contribution in [0.1, 0.15) is 27.4 Å². The number of aromatic nitrogens is 1. The van der Waals surface area contributed by atoms with Crippen molar-refractivity contribution < 1.29 is 14.4 Å². The standard InChI is InChI=1S/C13H14N2O3/c1-8-3-4-11(9(2)5-8)14-7-10-6-12(13(16)17)15-18-10/h3-6,14H,7H2,1-2H3,(H,16,17). The third-order valence-corrected chi connectivity index (χ3v) is 2.61. The van der Waals surface area contributed by atoms with E-state index in [1.807, 2.05) is 26.0 Å². The van der Waals surface area contributed by atoms with E-state index < -0.39 is 5.97 Å². The van der Waals surface area contributed by atoms with E-state index in [9.17, 15) is 4.79 Å². The summed E-state index contributed by atoms with van der Waals surface area (Å²) in [6, 6.07) is 7.49. The van der Waals surface area contributed by atoms with Crippen LogP contribution in [-0.2, 0) is 6.54 Å². The van der Waals surface area contributed by atoms with Gasteiger partial charge in [0, 0.05) is 11.8 Å². The topological polar surface area (TPSA) is 75.4 Å². The number of rotatable bonds is 4. The van der Waals surface area contributed by atoms with Gasteiger partial charge in [-0.1, -0.05) is 22.9 Å². The van der Waals surface area contributed by atoms with Gasteiger partial charge in [0.05, 0.1) is 6.54 Å². The molecule has 0 aliphatic heterocycles. The Labute approximate surface area is 104 Å². The predicted octanol–water partition coefficient (Wildman–Crippen LogP) is 2.60. The quantitative estimate of drug-likeness (QED) is 0.867. The summed E-state index contributed by atoms with van der Waals surface area (Å²) in [6.45, 7) is 4.45. The summed E-state index contributed by atoms with van der Waals surface area (Å²) < 4.78 is 4.92. The maximum atomic E-state index is 10.6. The number of carboxylic acids is 1. The molecule has 2 N–H and O–H groups in total. The van der Waals surface area contributed by atoms with E-state index in [0.29, 0.717) is 12.3 Å². The highest BCUT2D eigenvalue weighted by molar-refractivity contribution is 5.85. The van der Waals surface area contributed by atoms with Crippen molar-refractivity contribution in [3.63, 3.8) is 0 Å². The van der Waals surface area contributed by atoms with Crippen LogP contribution in [0.15, 0.2) is 28.8 Å². The Morgan fingerprint density at radius 1 is 1.39 bits per heavy atom. The lowest BCUT2D eigenvalue weighted by Gasteiger charge is -2.08. The molecule has 5 heteroatoms. The van der Waals surface area contributed by atoms with Gasteiger partial charge in [0.25, 0.3) is 0 Å². The summed E-state index contributed by atoms with van der Waals surface area (Å²) in [6.07, 6.45) is 0. The molecule has 0 aliphatic carbocycles. The van der Waals surface area contributed by atoms with E-state index in [0.717, 1.165) is 11.3 Å². The molecule has 0 radical (unpaired) electrons. The molecule has 0 aliphatic rings. The van der Waals surface area contributed by atoms with Crippen LogP contribution in [0.5, 0.6) is 0 Å². The molecule has 0 saturated carbocycles. The van der Waals surface area contributed by atoms with Crippen molar-refractivity contribution in [3.8, 4) is 0 Å². The van der Waals surface area contributed by atoms with Crippen LogP contribution >= 0.6 is 0 Å². The molecule has 18 heavy (non-hydrogen) atoms. The van der Waals surface area contributed by atoms with Crippen molar-refractivity contribution in [1.29, 1.82) is 0 Å². The van der Waals surface area contributed by atoms with Crippen LogP contribution < -0.4 is 5.32 Å². The number of nitrogens with zero attached hydrogens (tertiary/aromatic N) is 1. The number of hydrogen-bond acceptors (Lipinski definition) is 4. The molecule has 0 spiro atoms. The first-order valence-electron chi connectivity index (χ1n) is 5.56. The first-order chi connectivity index (χ1) is 8.56. The van der Waals surface area contributed by atoms with Crippen LogP contribution in [0.3, 0.4) is 0 Å². The first-order valence-corrected chi connectivity index (χ1v) is 5.56. The van der Waals surface area contributed by atoms with Gasteiger partial charge in [0.15, 0.2) is 11.5 Å². The molecule has 0 fully saturated rings. The summed E-state index contributed by atoms with van der Waals surface area (Å²) in [5, 5.41) is 15.3. The molecule has 2 rings (SSSR count). The van der Waals surface area contributed by atoms with Crippen molar-refractivity contribution in [2.75, 3.05) is 5.32 Å². The fraction of sp³-hybridized carbons (Fsp3) is 0.231. The molecule has 2 aromatic rings. The van der Waals surface area contributed by atoms with Gasteiger partial charge in [-0.3, -0.25) is 0 Å². The monoisotopic (exact) mass is 246 g/mol. The maximum absolute atomic E-state index is 10.6.